The van der Waals surface area contributed by atoms with Crippen LogP contribution in [0.4, 0.5) is 23.7 Å². The SMILES string of the molecule is COc1cccc(CCNC(=O)N(C)c2cccc(-c3ccc(CCC(=O)O)cc3-c3cccc(C(F)(F)F)c3)c2)c1. The zero-order chi connectivity index (χ0) is 30.3. The molecule has 9 heteroatoms. The van der Waals surface area contributed by atoms with E-state index >= 15 is 0 Å². The van der Waals surface area contributed by atoms with Crippen molar-refractivity contribution in [3.8, 4) is 28.0 Å². The van der Waals surface area contributed by atoms with E-state index in [1.807, 2.05) is 30.3 Å². The Bertz CT molecular complexity index is 1570. The highest BCUT2D eigenvalue weighted by Crippen LogP contribution is 2.38. The Labute approximate surface area is 242 Å². The number of alkyl halides is 3. The first-order chi connectivity index (χ1) is 20.0. The number of aryl methyl sites for hydroxylation is 1. The van der Waals surface area contributed by atoms with Gasteiger partial charge in [0.15, 0.2) is 0 Å². The normalized spacial score (nSPS) is 11.2. The molecule has 2 amide bonds. The molecule has 0 radical (unpaired) electrons. The monoisotopic (exact) mass is 576 g/mol. The summed E-state index contributed by atoms with van der Waals surface area (Å²) in [6.45, 7) is 0.410. The molecule has 0 saturated carbocycles. The van der Waals surface area contributed by atoms with Crippen molar-refractivity contribution in [1.29, 1.82) is 0 Å². The molecule has 0 heterocycles. The summed E-state index contributed by atoms with van der Waals surface area (Å²) in [5.41, 5.74) is 3.77. The number of carbonyl (C=O) groups is 2. The maximum absolute atomic E-state index is 13.5. The van der Waals surface area contributed by atoms with Crippen LogP contribution in [-0.2, 0) is 23.8 Å². The van der Waals surface area contributed by atoms with Gasteiger partial charge >= 0.3 is 18.2 Å². The smallest absolute Gasteiger partial charge is 0.416 e. The third kappa shape index (κ3) is 7.69. The number of carboxylic acid groups (broad SMARTS) is 1. The lowest BCUT2D eigenvalue weighted by Crippen LogP contribution is -2.38. The highest BCUT2D eigenvalue weighted by Gasteiger charge is 2.30. The van der Waals surface area contributed by atoms with Crippen molar-refractivity contribution in [3.05, 3.63) is 108 Å². The molecule has 0 aliphatic heterocycles. The van der Waals surface area contributed by atoms with Crippen LogP contribution in [0, 0.1) is 0 Å². The largest absolute Gasteiger partial charge is 0.497 e. The van der Waals surface area contributed by atoms with Crippen LogP contribution in [0.3, 0.4) is 0 Å². The fourth-order valence-electron chi connectivity index (χ4n) is 4.61. The Morgan fingerprint density at radius 2 is 1.52 bits per heavy atom. The average molecular weight is 577 g/mol. The minimum absolute atomic E-state index is 0.103. The molecule has 0 aliphatic carbocycles. The van der Waals surface area contributed by atoms with E-state index < -0.39 is 17.7 Å². The Kier molecular flexibility index (Phi) is 9.52. The molecule has 0 atom stereocenters. The number of hydrogen-bond acceptors (Lipinski definition) is 3. The summed E-state index contributed by atoms with van der Waals surface area (Å²) in [7, 11) is 3.24. The first-order valence-electron chi connectivity index (χ1n) is 13.3. The Morgan fingerprint density at radius 1 is 0.833 bits per heavy atom. The van der Waals surface area contributed by atoms with Gasteiger partial charge in [-0.15, -0.1) is 0 Å². The lowest BCUT2D eigenvalue weighted by Gasteiger charge is -2.20. The number of hydrogen-bond donors (Lipinski definition) is 2. The molecule has 0 bridgehead atoms. The van der Waals surface area contributed by atoms with Crippen molar-refractivity contribution in [2.75, 3.05) is 25.6 Å². The number of urea groups is 1. The predicted octanol–water partition coefficient (Wildman–Crippen LogP) is 7.45. The summed E-state index contributed by atoms with van der Waals surface area (Å²) in [5, 5.41) is 12.0. The third-order valence-electron chi connectivity index (χ3n) is 6.89. The van der Waals surface area contributed by atoms with Gasteiger partial charge in [-0.1, -0.05) is 54.6 Å². The number of ether oxygens (including phenoxy) is 1. The van der Waals surface area contributed by atoms with Crippen LogP contribution in [0.2, 0.25) is 0 Å². The number of anilines is 1. The highest BCUT2D eigenvalue weighted by molar-refractivity contribution is 5.93. The second-order valence-corrected chi connectivity index (χ2v) is 9.80. The molecule has 4 aromatic carbocycles. The minimum Gasteiger partial charge on any atom is -0.497 e. The number of amides is 2. The van der Waals surface area contributed by atoms with Gasteiger partial charge in [-0.25, -0.2) is 4.79 Å². The molecule has 0 aliphatic rings. The van der Waals surface area contributed by atoms with Gasteiger partial charge in [-0.05, 0) is 82.6 Å². The zero-order valence-electron chi connectivity index (χ0n) is 23.2. The maximum Gasteiger partial charge on any atom is 0.416 e. The number of benzene rings is 4. The highest BCUT2D eigenvalue weighted by atomic mass is 19.4. The quantitative estimate of drug-likeness (QED) is 0.206. The summed E-state index contributed by atoms with van der Waals surface area (Å²) >= 11 is 0. The number of methoxy groups -OCH3 is 1. The van der Waals surface area contributed by atoms with Crippen LogP contribution in [0.15, 0.2) is 91.0 Å². The molecule has 2 N–H and O–H groups in total. The molecule has 218 valence electrons. The van der Waals surface area contributed by atoms with E-state index in [2.05, 4.69) is 5.32 Å². The van der Waals surface area contributed by atoms with E-state index in [9.17, 15) is 22.8 Å². The standard InChI is InChI=1S/C33H31F3N2O4/c1-38(32(41)37-17-16-22-6-3-11-28(18-22)42-2)27-10-5-8-25(21-27)29-14-12-23(13-15-31(39)40)19-30(29)24-7-4-9-26(20-24)33(34,35)36/h3-12,14,18-21H,13,15-17H2,1-2H3,(H,37,41)(H,39,40). The van der Waals surface area contributed by atoms with E-state index in [0.717, 1.165) is 23.4 Å². The number of aliphatic carboxylic acids is 1. The van der Waals surface area contributed by atoms with E-state index in [1.165, 1.54) is 11.0 Å². The number of carbonyl (C=O) groups excluding carboxylic acids is 1. The Morgan fingerprint density at radius 3 is 2.24 bits per heavy atom. The van der Waals surface area contributed by atoms with Gasteiger partial charge in [0.25, 0.3) is 0 Å². The van der Waals surface area contributed by atoms with Crippen molar-refractivity contribution < 1.29 is 32.6 Å². The summed E-state index contributed by atoms with van der Waals surface area (Å²) < 4.78 is 45.8. The molecule has 0 aromatic heterocycles. The van der Waals surface area contributed by atoms with Gasteiger partial charge < -0.3 is 15.2 Å². The summed E-state index contributed by atoms with van der Waals surface area (Å²) in [6, 6.07) is 24.8. The summed E-state index contributed by atoms with van der Waals surface area (Å²) in [6.07, 6.45) is -3.76. The fraction of sp³-hybridized carbons (Fsp3) is 0.212. The van der Waals surface area contributed by atoms with Gasteiger partial charge in [-0.2, -0.15) is 13.2 Å². The van der Waals surface area contributed by atoms with E-state index in [-0.39, 0.29) is 18.9 Å². The molecule has 0 saturated heterocycles. The zero-order valence-corrected chi connectivity index (χ0v) is 23.2. The van der Waals surface area contributed by atoms with Gasteiger partial charge in [0.05, 0.1) is 12.7 Å². The van der Waals surface area contributed by atoms with Gasteiger partial charge in [0.1, 0.15) is 5.75 Å². The lowest BCUT2D eigenvalue weighted by molar-refractivity contribution is -0.138. The van der Waals surface area contributed by atoms with E-state index in [1.54, 1.807) is 56.6 Å². The second kappa shape index (κ2) is 13.2. The van der Waals surface area contributed by atoms with Crippen molar-refractivity contribution in [1.82, 2.24) is 5.32 Å². The topological polar surface area (TPSA) is 78.9 Å². The van der Waals surface area contributed by atoms with Crippen molar-refractivity contribution in [2.24, 2.45) is 0 Å². The molecule has 0 spiro atoms. The van der Waals surface area contributed by atoms with Crippen LogP contribution >= 0.6 is 0 Å². The molecular formula is C33H31F3N2O4. The van der Waals surface area contributed by atoms with E-state index in [4.69, 9.17) is 9.84 Å². The number of nitrogens with zero attached hydrogens (tertiary/aromatic N) is 1. The molecule has 0 fully saturated rings. The summed E-state index contributed by atoms with van der Waals surface area (Å²) in [4.78, 5) is 25.5. The van der Waals surface area contributed by atoms with Crippen LogP contribution in [-0.4, -0.2) is 37.8 Å². The van der Waals surface area contributed by atoms with Crippen molar-refractivity contribution in [2.45, 2.75) is 25.4 Å². The van der Waals surface area contributed by atoms with Gasteiger partial charge in [0, 0.05) is 25.7 Å². The molecule has 4 rings (SSSR count). The van der Waals surface area contributed by atoms with Gasteiger partial charge in [-0.3, -0.25) is 9.69 Å². The minimum atomic E-state index is -4.51. The van der Waals surface area contributed by atoms with Crippen LogP contribution in [0.5, 0.6) is 5.75 Å². The fourth-order valence-corrected chi connectivity index (χ4v) is 4.61. The number of halogens is 3. The first-order valence-corrected chi connectivity index (χ1v) is 13.3. The summed E-state index contributed by atoms with van der Waals surface area (Å²) in [5.74, 6) is -0.218. The Balaban J connectivity index is 1.60. The lowest BCUT2D eigenvalue weighted by atomic mass is 9.91. The molecule has 6 nitrogen and oxygen atoms in total. The number of nitrogens with one attached hydrogen (secondary N) is 1. The van der Waals surface area contributed by atoms with Crippen LogP contribution < -0.4 is 15.0 Å². The first kappa shape index (κ1) is 30.2. The molecular weight excluding hydrogens is 545 g/mol. The van der Waals surface area contributed by atoms with Crippen molar-refractivity contribution >= 4 is 17.7 Å². The predicted molar refractivity (Wildman–Crippen MR) is 157 cm³/mol. The van der Waals surface area contributed by atoms with Gasteiger partial charge in [0.2, 0.25) is 0 Å². The third-order valence-corrected chi connectivity index (χ3v) is 6.89. The van der Waals surface area contributed by atoms with E-state index in [0.29, 0.717) is 46.5 Å². The Hall–Kier alpha value is -4.79. The average Bonchev–Trinajstić information content (AvgIpc) is 2.99. The molecule has 4 aromatic rings. The number of rotatable bonds is 10. The molecule has 42 heavy (non-hydrogen) atoms. The maximum atomic E-state index is 13.5. The van der Waals surface area contributed by atoms with Crippen LogP contribution in [0.1, 0.15) is 23.1 Å². The van der Waals surface area contributed by atoms with Crippen molar-refractivity contribution in [3.63, 3.8) is 0 Å². The molecule has 0 unspecified atom stereocenters. The van der Waals surface area contributed by atoms with Crippen LogP contribution in [0.25, 0.3) is 22.3 Å². The second-order valence-electron chi connectivity index (χ2n) is 9.80. The number of carboxylic acids is 1.